The second-order valence-electron chi connectivity index (χ2n) is 4.60. The van der Waals surface area contributed by atoms with E-state index in [0.29, 0.717) is 17.9 Å². The number of hydroxylamine groups is 2. The molecule has 0 aliphatic carbocycles. The van der Waals surface area contributed by atoms with Crippen molar-refractivity contribution in [3.63, 3.8) is 0 Å². The molecule has 6 heteroatoms. The third-order valence-electron chi connectivity index (χ3n) is 3.21. The zero-order valence-electron chi connectivity index (χ0n) is 12.5. The average molecular weight is 290 g/mol. The predicted molar refractivity (Wildman–Crippen MR) is 75.9 cm³/mol. The fourth-order valence-corrected chi connectivity index (χ4v) is 1.85. The second kappa shape index (κ2) is 6.41. The highest BCUT2D eigenvalue weighted by molar-refractivity contribution is 5.93. The highest BCUT2D eigenvalue weighted by Gasteiger charge is 2.13. The molecule has 0 saturated heterocycles. The third-order valence-corrected chi connectivity index (χ3v) is 3.21. The van der Waals surface area contributed by atoms with Crippen molar-refractivity contribution in [1.29, 1.82) is 0 Å². The van der Waals surface area contributed by atoms with Gasteiger partial charge >= 0.3 is 0 Å². The van der Waals surface area contributed by atoms with E-state index in [-0.39, 0.29) is 5.91 Å². The largest absolute Gasteiger partial charge is 0.489 e. The Morgan fingerprint density at radius 2 is 2.14 bits per heavy atom. The summed E-state index contributed by atoms with van der Waals surface area (Å²) in [7, 11) is 3.00. The molecule has 112 valence electrons. The maximum atomic E-state index is 12.0. The van der Waals surface area contributed by atoms with Crippen molar-refractivity contribution in [2.45, 2.75) is 20.5 Å². The number of rotatable bonds is 5. The first-order valence-corrected chi connectivity index (χ1v) is 6.49. The molecule has 1 heterocycles. The Kier molecular flexibility index (Phi) is 4.59. The number of carbonyl (C=O) groups excluding carboxylic acids is 1. The Morgan fingerprint density at radius 3 is 2.76 bits per heavy atom. The summed E-state index contributed by atoms with van der Waals surface area (Å²) >= 11 is 0. The molecule has 2 rings (SSSR count). The molecular formula is C15H18N2O4. The molecule has 0 spiro atoms. The molecule has 1 aromatic carbocycles. The monoisotopic (exact) mass is 290 g/mol. The minimum atomic E-state index is -0.236. The molecule has 1 aromatic heterocycles. The summed E-state index contributed by atoms with van der Waals surface area (Å²) in [6.45, 7) is 4.05. The van der Waals surface area contributed by atoms with Crippen molar-refractivity contribution in [2.24, 2.45) is 0 Å². The second-order valence-corrected chi connectivity index (χ2v) is 4.60. The van der Waals surface area contributed by atoms with Crippen LogP contribution in [0, 0.1) is 13.8 Å². The molecule has 0 aliphatic rings. The third kappa shape index (κ3) is 3.41. The Labute approximate surface area is 123 Å². The number of carbonyl (C=O) groups is 1. The van der Waals surface area contributed by atoms with Gasteiger partial charge in [-0.05, 0) is 32.0 Å². The zero-order chi connectivity index (χ0) is 15.4. The standard InChI is InChI=1S/C15H18N2O4/c1-10-14(11(2)21-16-10)9-20-13-7-5-6-12(8-13)15(18)17(3)19-4/h5-8H,9H2,1-4H3. The lowest BCUT2D eigenvalue weighted by molar-refractivity contribution is -0.0757. The molecule has 0 fully saturated rings. The molecule has 2 aromatic rings. The lowest BCUT2D eigenvalue weighted by Gasteiger charge is -2.14. The van der Waals surface area contributed by atoms with E-state index in [2.05, 4.69) is 5.16 Å². The summed E-state index contributed by atoms with van der Waals surface area (Å²) in [5.41, 5.74) is 2.22. The summed E-state index contributed by atoms with van der Waals surface area (Å²) < 4.78 is 10.8. The number of benzene rings is 1. The fourth-order valence-electron chi connectivity index (χ4n) is 1.85. The van der Waals surface area contributed by atoms with E-state index in [9.17, 15) is 4.79 Å². The van der Waals surface area contributed by atoms with E-state index in [4.69, 9.17) is 14.1 Å². The van der Waals surface area contributed by atoms with Gasteiger partial charge in [0.2, 0.25) is 0 Å². The van der Waals surface area contributed by atoms with Crippen molar-refractivity contribution in [1.82, 2.24) is 10.2 Å². The molecule has 0 N–H and O–H groups in total. The van der Waals surface area contributed by atoms with Crippen molar-refractivity contribution in [3.05, 3.63) is 46.8 Å². The van der Waals surface area contributed by atoms with Gasteiger partial charge in [-0.25, -0.2) is 5.06 Å². The van der Waals surface area contributed by atoms with Crippen LogP contribution < -0.4 is 4.74 Å². The van der Waals surface area contributed by atoms with Crippen LogP contribution in [0.25, 0.3) is 0 Å². The SMILES string of the molecule is CON(C)C(=O)c1cccc(OCc2c(C)noc2C)c1. The fraction of sp³-hybridized carbons (Fsp3) is 0.333. The smallest absolute Gasteiger partial charge is 0.277 e. The van der Waals surface area contributed by atoms with Gasteiger partial charge in [0.05, 0.1) is 18.4 Å². The van der Waals surface area contributed by atoms with Crippen molar-refractivity contribution in [3.8, 4) is 5.75 Å². The van der Waals surface area contributed by atoms with E-state index < -0.39 is 0 Å². The van der Waals surface area contributed by atoms with Crippen molar-refractivity contribution in [2.75, 3.05) is 14.2 Å². The first-order valence-electron chi connectivity index (χ1n) is 6.49. The molecule has 0 aliphatic heterocycles. The summed E-state index contributed by atoms with van der Waals surface area (Å²) in [5, 5.41) is 5.04. The van der Waals surface area contributed by atoms with E-state index in [1.165, 1.54) is 7.11 Å². The normalized spacial score (nSPS) is 10.5. The maximum Gasteiger partial charge on any atom is 0.277 e. The first-order chi connectivity index (χ1) is 10.0. The number of hydrogen-bond acceptors (Lipinski definition) is 5. The summed E-state index contributed by atoms with van der Waals surface area (Å²) in [4.78, 5) is 16.9. The topological polar surface area (TPSA) is 64.8 Å². The van der Waals surface area contributed by atoms with E-state index in [1.54, 1.807) is 31.3 Å². The lowest BCUT2D eigenvalue weighted by Crippen LogP contribution is -2.25. The molecule has 0 atom stereocenters. The van der Waals surface area contributed by atoms with E-state index >= 15 is 0 Å². The summed E-state index contributed by atoms with van der Waals surface area (Å²) in [6, 6.07) is 6.94. The molecule has 0 saturated carbocycles. The van der Waals surface area contributed by atoms with Gasteiger partial charge in [-0.1, -0.05) is 11.2 Å². The molecule has 21 heavy (non-hydrogen) atoms. The number of ether oxygens (including phenoxy) is 1. The minimum Gasteiger partial charge on any atom is -0.489 e. The van der Waals surface area contributed by atoms with Gasteiger partial charge in [-0.2, -0.15) is 0 Å². The van der Waals surface area contributed by atoms with Gasteiger partial charge in [-0.3, -0.25) is 9.63 Å². The van der Waals surface area contributed by atoms with Gasteiger partial charge in [0, 0.05) is 12.6 Å². The zero-order valence-corrected chi connectivity index (χ0v) is 12.5. The van der Waals surface area contributed by atoms with Crippen molar-refractivity contribution >= 4 is 5.91 Å². The highest BCUT2D eigenvalue weighted by atomic mass is 16.7. The van der Waals surface area contributed by atoms with Crippen LogP contribution in [-0.4, -0.2) is 30.3 Å². The van der Waals surface area contributed by atoms with Crippen LogP contribution in [0.1, 0.15) is 27.4 Å². The van der Waals surface area contributed by atoms with Crippen LogP contribution in [0.5, 0.6) is 5.75 Å². The van der Waals surface area contributed by atoms with Gasteiger partial charge in [0.1, 0.15) is 18.1 Å². The van der Waals surface area contributed by atoms with Crippen LogP contribution in [0.2, 0.25) is 0 Å². The molecule has 0 radical (unpaired) electrons. The summed E-state index contributed by atoms with van der Waals surface area (Å²) in [5.74, 6) is 1.10. The van der Waals surface area contributed by atoms with Gasteiger partial charge in [-0.15, -0.1) is 0 Å². The Hall–Kier alpha value is -2.34. The quantitative estimate of drug-likeness (QED) is 0.792. The number of amides is 1. The van der Waals surface area contributed by atoms with Crippen molar-refractivity contribution < 1.29 is 18.9 Å². The predicted octanol–water partition coefficient (Wildman–Crippen LogP) is 2.50. The van der Waals surface area contributed by atoms with E-state index in [0.717, 1.165) is 22.1 Å². The van der Waals surface area contributed by atoms with E-state index in [1.807, 2.05) is 13.8 Å². The Balaban J connectivity index is 2.10. The maximum absolute atomic E-state index is 12.0. The first kappa shape index (κ1) is 15.1. The van der Waals surface area contributed by atoms with Gasteiger partial charge < -0.3 is 9.26 Å². The summed E-state index contributed by atoms with van der Waals surface area (Å²) in [6.07, 6.45) is 0. The number of aromatic nitrogens is 1. The molecule has 0 unspecified atom stereocenters. The highest BCUT2D eigenvalue weighted by Crippen LogP contribution is 2.19. The Bertz CT molecular complexity index is 617. The van der Waals surface area contributed by atoms with Crippen LogP contribution in [-0.2, 0) is 11.4 Å². The molecular weight excluding hydrogens is 272 g/mol. The Morgan fingerprint density at radius 1 is 1.38 bits per heavy atom. The van der Waals surface area contributed by atoms with Crippen LogP contribution >= 0.6 is 0 Å². The number of nitrogens with zero attached hydrogens (tertiary/aromatic N) is 2. The van der Waals surface area contributed by atoms with Gasteiger partial charge in [0.25, 0.3) is 5.91 Å². The lowest BCUT2D eigenvalue weighted by atomic mass is 10.2. The van der Waals surface area contributed by atoms with Gasteiger partial charge in [0.15, 0.2) is 0 Å². The molecule has 0 bridgehead atoms. The van der Waals surface area contributed by atoms with Crippen LogP contribution in [0.4, 0.5) is 0 Å². The average Bonchev–Trinajstić information content (AvgIpc) is 2.82. The minimum absolute atomic E-state index is 0.236. The van der Waals surface area contributed by atoms with Crippen LogP contribution in [0.15, 0.2) is 28.8 Å². The number of aryl methyl sites for hydroxylation is 2. The molecule has 6 nitrogen and oxygen atoms in total. The molecule has 1 amide bonds. The number of hydrogen-bond donors (Lipinski definition) is 0. The van der Waals surface area contributed by atoms with Crippen LogP contribution in [0.3, 0.4) is 0 Å².